The van der Waals surface area contributed by atoms with Crippen molar-refractivity contribution in [1.29, 1.82) is 0 Å². The Hall–Kier alpha value is -2.02. The molecule has 5 nitrogen and oxygen atoms in total. The number of halogens is 2. The molecular formula is C16H14Cl2N2O3S. The fourth-order valence-electron chi connectivity index (χ4n) is 1.76. The highest BCUT2D eigenvalue weighted by Crippen LogP contribution is 2.28. The van der Waals surface area contributed by atoms with E-state index >= 15 is 0 Å². The number of para-hydroxylation sites is 2. The van der Waals surface area contributed by atoms with Gasteiger partial charge in [0.05, 0.1) is 10.7 Å². The van der Waals surface area contributed by atoms with Gasteiger partial charge in [0, 0.05) is 5.02 Å². The summed E-state index contributed by atoms with van der Waals surface area (Å²) in [7, 11) is 0. The Morgan fingerprint density at radius 2 is 1.96 bits per heavy atom. The molecule has 0 saturated carbocycles. The smallest absolute Gasteiger partial charge is 0.266 e. The lowest BCUT2D eigenvalue weighted by Crippen LogP contribution is -2.42. The Morgan fingerprint density at radius 1 is 1.25 bits per heavy atom. The number of carbonyl (C=O) groups is 1. The first-order valence-electron chi connectivity index (χ1n) is 6.88. The van der Waals surface area contributed by atoms with E-state index in [1.165, 1.54) is 12.1 Å². The monoisotopic (exact) mass is 384 g/mol. The second kappa shape index (κ2) is 8.19. The molecule has 24 heavy (non-hydrogen) atoms. The lowest BCUT2D eigenvalue weighted by molar-refractivity contribution is -0.125. The second-order valence-corrected chi connectivity index (χ2v) is 6.05. The van der Waals surface area contributed by atoms with Crippen molar-refractivity contribution < 1.29 is 14.6 Å². The zero-order valence-corrected chi connectivity index (χ0v) is 14.9. The van der Waals surface area contributed by atoms with Gasteiger partial charge in [-0.15, -0.1) is 0 Å². The molecule has 2 rings (SSSR count). The maximum Gasteiger partial charge on any atom is 0.266 e. The summed E-state index contributed by atoms with van der Waals surface area (Å²) in [6.07, 6.45) is -0.840. The zero-order chi connectivity index (χ0) is 17.7. The van der Waals surface area contributed by atoms with E-state index in [0.29, 0.717) is 21.5 Å². The maximum absolute atomic E-state index is 12.1. The normalized spacial score (nSPS) is 11.5. The summed E-state index contributed by atoms with van der Waals surface area (Å²) in [5.74, 6) is -0.108. The molecule has 126 valence electrons. The number of benzene rings is 2. The van der Waals surface area contributed by atoms with Crippen molar-refractivity contribution in [3.63, 3.8) is 0 Å². The molecule has 0 saturated heterocycles. The van der Waals surface area contributed by atoms with Crippen molar-refractivity contribution in [3.8, 4) is 11.5 Å². The van der Waals surface area contributed by atoms with E-state index in [4.69, 9.17) is 40.2 Å². The predicted octanol–water partition coefficient (Wildman–Crippen LogP) is 3.98. The fourth-order valence-corrected chi connectivity index (χ4v) is 2.42. The van der Waals surface area contributed by atoms with Gasteiger partial charge in [-0.3, -0.25) is 10.1 Å². The highest BCUT2D eigenvalue weighted by molar-refractivity contribution is 7.80. The van der Waals surface area contributed by atoms with Crippen molar-refractivity contribution in [2.24, 2.45) is 0 Å². The number of amides is 1. The van der Waals surface area contributed by atoms with Gasteiger partial charge in [-0.05, 0) is 49.5 Å². The molecule has 3 N–H and O–H groups in total. The summed E-state index contributed by atoms with van der Waals surface area (Å²) >= 11 is 16.9. The largest absolute Gasteiger partial charge is 0.506 e. The van der Waals surface area contributed by atoms with Gasteiger partial charge in [0.25, 0.3) is 5.91 Å². The predicted molar refractivity (Wildman–Crippen MR) is 99.0 cm³/mol. The number of carbonyl (C=O) groups excluding carboxylic acids is 1. The van der Waals surface area contributed by atoms with Crippen LogP contribution in [0, 0.1) is 0 Å². The Balaban J connectivity index is 1.93. The maximum atomic E-state index is 12.1. The van der Waals surface area contributed by atoms with E-state index in [0.717, 1.165) is 0 Å². The van der Waals surface area contributed by atoms with Crippen LogP contribution in [0.4, 0.5) is 5.69 Å². The van der Waals surface area contributed by atoms with Crippen LogP contribution in [-0.4, -0.2) is 22.2 Å². The summed E-state index contributed by atoms with van der Waals surface area (Å²) in [5, 5.41) is 15.7. The minimum Gasteiger partial charge on any atom is -0.506 e. The fraction of sp³-hybridized carbons (Fsp3) is 0.125. The number of hydrogen-bond acceptors (Lipinski definition) is 4. The number of phenols is 1. The zero-order valence-electron chi connectivity index (χ0n) is 12.5. The lowest BCUT2D eigenvalue weighted by atomic mass is 10.3. The van der Waals surface area contributed by atoms with E-state index in [-0.39, 0.29) is 10.9 Å². The average molecular weight is 385 g/mol. The van der Waals surface area contributed by atoms with Gasteiger partial charge in [0.15, 0.2) is 11.2 Å². The SMILES string of the molecule is C[C@H](Oc1ccc(Cl)cc1Cl)C(=O)NC(=S)Nc1ccccc1O. The highest BCUT2D eigenvalue weighted by Gasteiger charge is 2.17. The van der Waals surface area contributed by atoms with Gasteiger partial charge < -0.3 is 15.2 Å². The van der Waals surface area contributed by atoms with E-state index in [2.05, 4.69) is 10.6 Å². The summed E-state index contributed by atoms with van der Waals surface area (Å²) in [6, 6.07) is 11.2. The van der Waals surface area contributed by atoms with Crippen LogP contribution in [-0.2, 0) is 4.79 Å². The molecule has 0 fully saturated rings. The van der Waals surface area contributed by atoms with Crippen LogP contribution in [0.5, 0.6) is 11.5 Å². The number of phenolic OH excluding ortho intramolecular Hbond substituents is 1. The first-order valence-corrected chi connectivity index (χ1v) is 8.05. The number of ether oxygens (including phenoxy) is 1. The molecule has 0 aromatic heterocycles. The molecule has 2 aromatic carbocycles. The number of rotatable bonds is 4. The van der Waals surface area contributed by atoms with E-state index in [1.807, 2.05) is 0 Å². The molecule has 8 heteroatoms. The third-order valence-electron chi connectivity index (χ3n) is 2.96. The summed E-state index contributed by atoms with van der Waals surface area (Å²) in [6.45, 7) is 1.56. The van der Waals surface area contributed by atoms with Gasteiger partial charge >= 0.3 is 0 Å². The Bertz CT molecular complexity index is 771. The van der Waals surface area contributed by atoms with Crippen LogP contribution < -0.4 is 15.4 Å². The summed E-state index contributed by atoms with van der Waals surface area (Å²) < 4.78 is 5.50. The average Bonchev–Trinajstić information content (AvgIpc) is 2.52. The number of nitrogens with one attached hydrogen (secondary N) is 2. The molecule has 0 aliphatic carbocycles. The first-order chi connectivity index (χ1) is 11.4. The van der Waals surface area contributed by atoms with E-state index < -0.39 is 12.0 Å². The second-order valence-electron chi connectivity index (χ2n) is 4.80. The molecule has 0 spiro atoms. The van der Waals surface area contributed by atoms with Gasteiger partial charge in [0.2, 0.25) is 0 Å². The standard InChI is InChI=1S/C16H14Cl2N2O3S/c1-9(23-14-7-6-10(17)8-11(14)18)15(22)20-16(24)19-12-4-2-3-5-13(12)21/h2-9,21H,1H3,(H2,19,20,22,24)/t9-/m0/s1. The lowest BCUT2D eigenvalue weighted by Gasteiger charge is -2.17. The topological polar surface area (TPSA) is 70.6 Å². The Kier molecular flexibility index (Phi) is 6.25. The molecule has 1 amide bonds. The molecule has 0 unspecified atom stereocenters. The van der Waals surface area contributed by atoms with Gasteiger partial charge in [-0.25, -0.2) is 0 Å². The molecule has 1 atom stereocenters. The molecule has 0 heterocycles. The summed E-state index contributed by atoms with van der Waals surface area (Å²) in [5.41, 5.74) is 0.386. The molecule has 0 aliphatic rings. The quantitative estimate of drug-likeness (QED) is 0.549. The first kappa shape index (κ1) is 18.3. The van der Waals surface area contributed by atoms with Gasteiger partial charge in [0.1, 0.15) is 11.5 Å². The Morgan fingerprint density at radius 3 is 2.62 bits per heavy atom. The van der Waals surface area contributed by atoms with Crippen LogP contribution in [0.1, 0.15) is 6.92 Å². The Labute approximate surface area is 154 Å². The van der Waals surface area contributed by atoms with Crippen molar-refractivity contribution in [2.75, 3.05) is 5.32 Å². The number of anilines is 1. The van der Waals surface area contributed by atoms with Crippen molar-refractivity contribution in [2.45, 2.75) is 13.0 Å². The minimum absolute atomic E-state index is 0.0198. The molecule has 0 radical (unpaired) electrons. The van der Waals surface area contributed by atoms with Crippen LogP contribution in [0.15, 0.2) is 42.5 Å². The third-order valence-corrected chi connectivity index (χ3v) is 3.69. The van der Waals surface area contributed by atoms with Crippen LogP contribution in [0.3, 0.4) is 0 Å². The van der Waals surface area contributed by atoms with Crippen LogP contribution in [0.2, 0.25) is 10.0 Å². The van der Waals surface area contributed by atoms with Crippen molar-refractivity contribution >= 4 is 52.1 Å². The highest BCUT2D eigenvalue weighted by atomic mass is 35.5. The van der Waals surface area contributed by atoms with Crippen LogP contribution in [0.25, 0.3) is 0 Å². The molecular weight excluding hydrogens is 371 g/mol. The summed E-state index contributed by atoms with van der Waals surface area (Å²) in [4.78, 5) is 12.1. The van der Waals surface area contributed by atoms with Crippen molar-refractivity contribution in [1.82, 2.24) is 5.32 Å². The van der Waals surface area contributed by atoms with Crippen LogP contribution >= 0.6 is 35.4 Å². The number of hydrogen-bond donors (Lipinski definition) is 3. The minimum atomic E-state index is -0.840. The molecule has 0 bridgehead atoms. The van der Waals surface area contributed by atoms with Crippen molar-refractivity contribution in [3.05, 3.63) is 52.5 Å². The van der Waals surface area contributed by atoms with Gasteiger partial charge in [-0.2, -0.15) is 0 Å². The molecule has 2 aromatic rings. The molecule has 0 aliphatic heterocycles. The van der Waals surface area contributed by atoms with Gasteiger partial charge in [-0.1, -0.05) is 35.3 Å². The number of aromatic hydroxyl groups is 1. The third kappa shape index (κ3) is 4.99. The number of thiocarbonyl (C=S) groups is 1. The van der Waals surface area contributed by atoms with E-state index in [9.17, 15) is 9.90 Å². The van der Waals surface area contributed by atoms with E-state index in [1.54, 1.807) is 37.3 Å².